The Labute approximate surface area is 200 Å². The molecular weight excluding hydrogens is 428 g/mol. The van der Waals surface area contributed by atoms with Gasteiger partial charge in [0.05, 0.1) is 17.8 Å². The topological polar surface area (TPSA) is 90.5 Å². The van der Waals surface area contributed by atoms with Crippen molar-refractivity contribution in [3.8, 4) is 0 Å². The maximum Gasteiger partial charge on any atom is 0.250 e. The second-order valence-electron chi connectivity index (χ2n) is 9.62. The molecule has 3 aliphatic rings. The summed E-state index contributed by atoms with van der Waals surface area (Å²) in [6, 6.07) is 12.6. The number of anilines is 1. The molecule has 0 spiro atoms. The highest BCUT2D eigenvalue weighted by Gasteiger charge is 2.44. The Bertz CT molecular complexity index is 1130. The molecule has 2 aromatic carbocycles. The zero-order valence-electron chi connectivity index (χ0n) is 19.8. The van der Waals surface area contributed by atoms with Crippen LogP contribution in [0.15, 0.2) is 42.5 Å². The van der Waals surface area contributed by atoms with Crippen molar-refractivity contribution < 1.29 is 14.4 Å². The summed E-state index contributed by atoms with van der Waals surface area (Å²) < 4.78 is 0. The standard InChI is InChI=1S/C27H32N4O3/c1-16(28-2)25(32)30-22-14-13-18-9-5-10-19-15-23(31(24(18)19)27(22)34)26(33)29-21-12-6-8-17-7-3-4-11-20(17)21/h3-5,7,9-11,16,21-23,28H,6,8,12-15H2,1-2H3,(H,29,33)(H,30,32). The second kappa shape index (κ2) is 9.22. The van der Waals surface area contributed by atoms with E-state index in [1.807, 2.05) is 30.3 Å². The van der Waals surface area contributed by atoms with Crippen molar-refractivity contribution in [3.05, 3.63) is 64.7 Å². The monoisotopic (exact) mass is 460 g/mol. The predicted octanol–water partition coefficient (Wildman–Crippen LogP) is 2.18. The third-order valence-corrected chi connectivity index (χ3v) is 7.54. The summed E-state index contributed by atoms with van der Waals surface area (Å²) in [4.78, 5) is 41.6. The fourth-order valence-electron chi connectivity index (χ4n) is 5.57. The molecule has 0 fully saturated rings. The Balaban J connectivity index is 1.42. The number of hydrogen-bond acceptors (Lipinski definition) is 4. The van der Waals surface area contributed by atoms with Crippen molar-refractivity contribution in [1.29, 1.82) is 0 Å². The third kappa shape index (κ3) is 3.98. The lowest BCUT2D eigenvalue weighted by Gasteiger charge is -2.31. The van der Waals surface area contributed by atoms with Gasteiger partial charge >= 0.3 is 0 Å². The van der Waals surface area contributed by atoms with Crippen LogP contribution in [0, 0.1) is 0 Å². The van der Waals surface area contributed by atoms with Gasteiger partial charge in [-0.05, 0) is 68.3 Å². The highest BCUT2D eigenvalue weighted by molar-refractivity contribution is 6.08. The van der Waals surface area contributed by atoms with Gasteiger partial charge in [0, 0.05) is 6.42 Å². The molecule has 34 heavy (non-hydrogen) atoms. The van der Waals surface area contributed by atoms with Gasteiger partial charge in [-0.3, -0.25) is 19.3 Å². The van der Waals surface area contributed by atoms with Gasteiger partial charge in [0.2, 0.25) is 17.7 Å². The van der Waals surface area contributed by atoms with Crippen LogP contribution in [-0.2, 0) is 33.6 Å². The molecule has 5 rings (SSSR count). The Hall–Kier alpha value is -3.19. The Morgan fingerprint density at radius 1 is 0.941 bits per heavy atom. The van der Waals surface area contributed by atoms with Crippen molar-refractivity contribution >= 4 is 23.4 Å². The molecule has 178 valence electrons. The van der Waals surface area contributed by atoms with Gasteiger partial charge in [-0.2, -0.15) is 0 Å². The summed E-state index contributed by atoms with van der Waals surface area (Å²) in [6.45, 7) is 1.76. The first-order chi connectivity index (χ1) is 16.5. The Morgan fingerprint density at radius 3 is 2.53 bits per heavy atom. The van der Waals surface area contributed by atoms with Crippen molar-refractivity contribution in [2.75, 3.05) is 11.9 Å². The average molecular weight is 461 g/mol. The molecule has 4 atom stereocenters. The van der Waals surface area contributed by atoms with Crippen molar-refractivity contribution in [2.24, 2.45) is 0 Å². The number of nitrogens with zero attached hydrogens (tertiary/aromatic N) is 1. The second-order valence-corrected chi connectivity index (χ2v) is 9.62. The van der Waals surface area contributed by atoms with Crippen LogP contribution >= 0.6 is 0 Å². The fraction of sp³-hybridized carbons (Fsp3) is 0.444. The minimum absolute atomic E-state index is 0.0466. The molecule has 0 aromatic heterocycles. The lowest BCUT2D eigenvalue weighted by atomic mass is 9.87. The summed E-state index contributed by atoms with van der Waals surface area (Å²) in [5, 5.41) is 9.08. The Kier molecular flexibility index (Phi) is 6.13. The average Bonchev–Trinajstić information content (AvgIpc) is 3.19. The van der Waals surface area contributed by atoms with Gasteiger partial charge in [-0.1, -0.05) is 42.5 Å². The minimum Gasteiger partial charge on any atom is -0.347 e. The number of hydrogen-bond donors (Lipinski definition) is 3. The SMILES string of the molecule is CNC(C)C(=O)NC1CCc2cccc3c2N(C1=O)C(C(=O)NC1CCCc2ccccc21)C3. The molecule has 0 saturated carbocycles. The van der Waals surface area contributed by atoms with Crippen LogP contribution < -0.4 is 20.9 Å². The van der Waals surface area contributed by atoms with Crippen LogP contribution in [0.3, 0.4) is 0 Å². The number of aryl methyl sites for hydroxylation is 2. The zero-order chi connectivity index (χ0) is 23.8. The van der Waals surface area contributed by atoms with E-state index in [1.54, 1.807) is 18.9 Å². The van der Waals surface area contributed by atoms with E-state index in [0.29, 0.717) is 19.3 Å². The van der Waals surface area contributed by atoms with E-state index in [9.17, 15) is 14.4 Å². The number of nitrogens with one attached hydrogen (secondary N) is 3. The highest BCUT2D eigenvalue weighted by atomic mass is 16.2. The molecule has 2 aliphatic heterocycles. The van der Waals surface area contributed by atoms with Crippen LogP contribution in [0.1, 0.15) is 54.5 Å². The largest absolute Gasteiger partial charge is 0.347 e. The van der Waals surface area contributed by atoms with Crippen molar-refractivity contribution in [3.63, 3.8) is 0 Å². The number of para-hydroxylation sites is 1. The van der Waals surface area contributed by atoms with Crippen LogP contribution in [0.5, 0.6) is 0 Å². The zero-order valence-corrected chi connectivity index (χ0v) is 19.8. The molecular formula is C27H32N4O3. The van der Waals surface area contributed by atoms with Crippen molar-refractivity contribution in [1.82, 2.24) is 16.0 Å². The maximum absolute atomic E-state index is 13.7. The van der Waals surface area contributed by atoms with E-state index >= 15 is 0 Å². The number of carbonyl (C=O) groups excluding carboxylic acids is 3. The maximum atomic E-state index is 13.7. The number of benzene rings is 2. The van der Waals surface area contributed by atoms with Gasteiger partial charge in [0.15, 0.2) is 0 Å². The summed E-state index contributed by atoms with van der Waals surface area (Å²) in [7, 11) is 1.71. The third-order valence-electron chi connectivity index (χ3n) is 7.54. The first kappa shape index (κ1) is 22.6. The van der Waals surface area contributed by atoms with E-state index in [1.165, 1.54) is 11.1 Å². The quantitative estimate of drug-likeness (QED) is 0.638. The normalized spacial score (nSPS) is 24.0. The van der Waals surface area contributed by atoms with Gasteiger partial charge in [-0.25, -0.2) is 0 Å². The molecule has 0 bridgehead atoms. The van der Waals surface area contributed by atoms with Crippen LogP contribution in [0.4, 0.5) is 5.69 Å². The lowest BCUT2D eigenvalue weighted by molar-refractivity contribution is -0.130. The van der Waals surface area contributed by atoms with Crippen LogP contribution in [0.25, 0.3) is 0 Å². The lowest BCUT2D eigenvalue weighted by Crippen LogP contribution is -2.56. The molecule has 3 amide bonds. The molecule has 7 heteroatoms. The number of rotatable bonds is 5. The van der Waals surface area contributed by atoms with E-state index in [4.69, 9.17) is 0 Å². The summed E-state index contributed by atoms with van der Waals surface area (Å²) in [5.74, 6) is -0.552. The van der Waals surface area contributed by atoms with E-state index in [-0.39, 0.29) is 23.8 Å². The molecule has 4 unspecified atom stereocenters. The summed E-state index contributed by atoms with van der Waals surface area (Å²) in [6.07, 6.45) is 4.62. The number of likely N-dealkylation sites (N-methyl/N-ethyl adjacent to an activating group) is 1. The summed E-state index contributed by atoms with van der Waals surface area (Å²) >= 11 is 0. The Morgan fingerprint density at radius 2 is 1.71 bits per heavy atom. The minimum atomic E-state index is -0.660. The highest BCUT2D eigenvalue weighted by Crippen LogP contribution is 2.39. The summed E-state index contributed by atoms with van der Waals surface area (Å²) in [5.41, 5.74) is 5.39. The van der Waals surface area contributed by atoms with Crippen LogP contribution in [-0.4, -0.2) is 42.9 Å². The van der Waals surface area contributed by atoms with E-state index < -0.39 is 18.1 Å². The molecule has 2 aromatic rings. The van der Waals surface area contributed by atoms with Gasteiger partial charge < -0.3 is 16.0 Å². The fourth-order valence-corrected chi connectivity index (χ4v) is 5.57. The van der Waals surface area contributed by atoms with Gasteiger partial charge in [0.25, 0.3) is 0 Å². The molecule has 2 heterocycles. The first-order valence-corrected chi connectivity index (χ1v) is 12.3. The number of carbonyl (C=O) groups is 3. The van der Waals surface area contributed by atoms with E-state index in [0.717, 1.165) is 36.1 Å². The number of amides is 3. The van der Waals surface area contributed by atoms with E-state index in [2.05, 4.69) is 28.1 Å². The van der Waals surface area contributed by atoms with Gasteiger partial charge in [0.1, 0.15) is 12.1 Å². The predicted molar refractivity (Wildman–Crippen MR) is 130 cm³/mol. The molecule has 0 radical (unpaired) electrons. The molecule has 0 saturated heterocycles. The first-order valence-electron chi connectivity index (χ1n) is 12.3. The van der Waals surface area contributed by atoms with Crippen LogP contribution in [0.2, 0.25) is 0 Å². The molecule has 1 aliphatic carbocycles. The molecule has 7 nitrogen and oxygen atoms in total. The van der Waals surface area contributed by atoms with Crippen molar-refractivity contribution in [2.45, 2.75) is 69.6 Å². The molecule has 3 N–H and O–H groups in total. The van der Waals surface area contributed by atoms with Gasteiger partial charge in [-0.15, -0.1) is 0 Å². The smallest absolute Gasteiger partial charge is 0.250 e. The number of fused-ring (bicyclic) bond motifs is 1.